The number of aryl methyl sites for hydroxylation is 1. The average molecular weight is 503 g/mol. The van der Waals surface area contributed by atoms with Crippen LogP contribution in [0.25, 0.3) is 0 Å². The number of benzene rings is 3. The molecule has 0 saturated carbocycles. The third-order valence-electron chi connectivity index (χ3n) is 5.39. The Kier molecular flexibility index (Phi) is 8.68. The fraction of sp³-hybridized carbons (Fsp3) is 0.240. The van der Waals surface area contributed by atoms with Crippen molar-refractivity contribution in [3.63, 3.8) is 0 Å². The topological polar surface area (TPSA) is 110 Å². The second kappa shape index (κ2) is 11.5. The summed E-state index contributed by atoms with van der Waals surface area (Å²) in [6, 6.07) is 22.8. The van der Waals surface area contributed by atoms with Crippen LogP contribution < -0.4 is 5.73 Å². The van der Waals surface area contributed by atoms with E-state index >= 15 is 0 Å². The van der Waals surface area contributed by atoms with Crippen LogP contribution in [-0.4, -0.2) is 36.6 Å². The zero-order valence-electron chi connectivity index (χ0n) is 18.7. The molecule has 1 aliphatic heterocycles. The quantitative estimate of drug-likeness (QED) is 0.486. The summed E-state index contributed by atoms with van der Waals surface area (Å²) in [5, 5.41) is 0.638. The molecule has 0 bridgehead atoms. The molecule has 180 valence electrons. The molecule has 0 aliphatic carbocycles. The van der Waals surface area contributed by atoms with E-state index in [0.29, 0.717) is 11.6 Å². The zero-order chi connectivity index (χ0) is 24.7. The first kappa shape index (κ1) is 25.7. The number of carbonyl (C=O) groups excluding carboxylic acids is 1. The molecule has 1 saturated heterocycles. The number of halogens is 1. The highest BCUT2D eigenvalue weighted by atomic mass is 35.5. The summed E-state index contributed by atoms with van der Waals surface area (Å²) in [6.45, 7) is 2.69. The Hall–Kier alpha value is -2.91. The van der Waals surface area contributed by atoms with Crippen molar-refractivity contribution in [1.29, 1.82) is 0 Å². The molecule has 3 aromatic carbocycles. The van der Waals surface area contributed by atoms with E-state index in [1.165, 1.54) is 12.1 Å². The van der Waals surface area contributed by atoms with Crippen molar-refractivity contribution in [2.24, 2.45) is 5.73 Å². The highest BCUT2D eigenvalue weighted by molar-refractivity contribution is 7.85. The summed E-state index contributed by atoms with van der Waals surface area (Å²) in [5.74, 6) is 0. The SMILES string of the molecule is Cc1ccc(S(=O)(=O)O)cc1.N[C@H]1CCN(C(=O)OCc2ccccc2)[C@@H]1c1cccc(Cl)c1. The van der Waals surface area contributed by atoms with Gasteiger partial charge in [0.1, 0.15) is 6.61 Å². The van der Waals surface area contributed by atoms with Gasteiger partial charge in [-0.2, -0.15) is 8.42 Å². The van der Waals surface area contributed by atoms with Crippen molar-refractivity contribution in [3.05, 3.63) is 101 Å². The number of likely N-dealkylation sites (tertiary alicyclic amines) is 1. The molecule has 0 aromatic heterocycles. The van der Waals surface area contributed by atoms with Gasteiger partial charge in [-0.1, -0.05) is 71.8 Å². The van der Waals surface area contributed by atoms with Gasteiger partial charge in [0.2, 0.25) is 0 Å². The Labute approximate surface area is 204 Å². The van der Waals surface area contributed by atoms with E-state index < -0.39 is 10.1 Å². The van der Waals surface area contributed by atoms with Crippen LogP contribution in [0.15, 0.2) is 83.8 Å². The largest absolute Gasteiger partial charge is 0.445 e. The maximum Gasteiger partial charge on any atom is 0.410 e. The molecule has 3 aromatic rings. The second-order valence-electron chi connectivity index (χ2n) is 7.97. The molecule has 1 fully saturated rings. The number of ether oxygens (including phenoxy) is 1. The van der Waals surface area contributed by atoms with E-state index in [0.717, 1.165) is 23.1 Å². The number of rotatable bonds is 4. The molecule has 0 spiro atoms. The van der Waals surface area contributed by atoms with E-state index in [1.807, 2.05) is 61.5 Å². The lowest BCUT2D eigenvalue weighted by Gasteiger charge is -2.26. The highest BCUT2D eigenvalue weighted by Crippen LogP contribution is 2.33. The van der Waals surface area contributed by atoms with E-state index in [1.54, 1.807) is 17.0 Å². The van der Waals surface area contributed by atoms with Gasteiger partial charge in [-0.25, -0.2) is 4.79 Å². The minimum atomic E-state index is -4.02. The Morgan fingerprint density at radius 1 is 1.09 bits per heavy atom. The Morgan fingerprint density at radius 3 is 2.38 bits per heavy atom. The standard InChI is InChI=1S/C18H19ClN2O2.C7H8O3S/c19-15-8-4-7-14(11-15)17-16(20)9-10-21(17)18(22)23-12-13-5-2-1-3-6-13;1-6-2-4-7(5-3-6)11(8,9)10/h1-8,11,16-17H,9-10,12,20H2;2-5H,1H3,(H,8,9,10)/t16-,17+;/m0./s1. The first-order chi connectivity index (χ1) is 16.1. The third kappa shape index (κ3) is 7.04. The van der Waals surface area contributed by atoms with Gasteiger partial charge in [0, 0.05) is 17.6 Å². The van der Waals surface area contributed by atoms with Crippen molar-refractivity contribution in [2.45, 2.75) is 36.9 Å². The van der Waals surface area contributed by atoms with Crippen LogP contribution in [0.5, 0.6) is 0 Å². The van der Waals surface area contributed by atoms with Crippen LogP contribution in [0.2, 0.25) is 5.02 Å². The molecule has 34 heavy (non-hydrogen) atoms. The Morgan fingerprint density at radius 2 is 1.76 bits per heavy atom. The van der Waals surface area contributed by atoms with Crippen LogP contribution in [0.1, 0.15) is 29.2 Å². The number of hydrogen-bond acceptors (Lipinski definition) is 5. The third-order valence-corrected chi connectivity index (χ3v) is 6.50. The van der Waals surface area contributed by atoms with Gasteiger partial charge in [0.15, 0.2) is 0 Å². The molecular formula is C25H27ClN2O5S. The predicted molar refractivity (Wildman–Crippen MR) is 131 cm³/mol. The number of carbonyl (C=O) groups is 1. The lowest BCUT2D eigenvalue weighted by Crippen LogP contribution is -2.36. The van der Waals surface area contributed by atoms with Gasteiger partial charge in [-0.15, -0.1) is 0 Å². The molecule has 1 aliphatic rings. The van der Waals surface area contributed by atoms with Crippen molar-refractivity contribution in [3.8, 4) is 0 Å². The van der Waals surface area contributed by atoms with Gasteiger partial charge in [0.05, 0.1) is 10.9 Å². The monoisotopic (exact) mass is 502 g/mol. The first-order valence-corrected chi connectivity index (χ1v) is 12.5. The molecule has 0 unspecified atom stereocenters. The average Bonchev–Trinajstić information content (AvgIpc) is 3.20. The van der Waals surface area contributed by atoms with Crippen LogP contribution in [-0.2, 0) is 21.5 Å². The van der Waals surface area contributed by atoms with Gasteiger partial charge >= 0.3 is 6.09 Å². The van der Waals surface area contributed by atoms with Crippen LogP contribution in [0.3, 0.4) is 0 Å². The minimum absolute atomic E-state index is 0.0666. The molecule has 2 atom stereocenters. The van der Waals surface area contributed by atoms with E-state index in [9.17, 15) is 13.2 Å². The van der Waals surface area contributed by atoms with Crippen LogP contribution in [0, 0.1) is 6.92 Å². The molecule has 0 radical (unpaired) electrons. The predicted octanol–water partition coefficient (Wildman–Crippen LogP) is 4.99. The van der Waals surface area contributed by atoms with E-state index in [-0.39, 0.29) is 29.7 Å². The molecule has 1 heterocycles. The van der Waals surface area contributed by atoms with Gasteiger partial charge in [0.25, 0.3) is 10.1 Å². The molecular weight excluding hydrogens is 476 g/mol. The maximum atomic E-state index is 12.4. The summed E-state index contributed by atoms with van der Waals surface area (Å²) >= 11 is 6.06. The summed E-state index contributed by atoms with van der Waals surface area (Å²) in [6.07, 6.45) is 0.407. The van der Waals surface area contributed by atoms with Gasteiger partial charge < -0.3 is 10.5 Å². The molecule has 1 amide bonds. The number of nitrogens with two attached hydrogens (primary N) is 1. The fourth-order valence-electron chi connectivity index (χ4n) is 3.65. The smallest absolute Gasteiger partial charge is 0.410 e. The molecule has 4 rings (SSSR count). The lowest BCUT2D eigenvalue weighted by atomic mass is 10.0. The van der Waals surface area contributed by atoms with Crippen LogP contribution in [0.4, 0.5) is 4.79 Å². The van der Waals surface area contributed by atoms with Gasteiger partial charge in [-0.3, -0.25) is 9.45 Å². The zero-order valence-corrected chi connectivity index (χ0v) is 20.2. The summed E-state index contributed by atoms with van der Waals surface area (Å²) in [7, 11) is -4.02. The molecule has 7 nitrogen and oxygen atoms in total. The van der Waals surface area contributed by atoms with Crippen molar-refractivity contribution < 1.29 is 22.5 Å². The number of hydrogen-bond donors (Lipinski definition) is 2. The fourth-order valence-corrected chi connectivity index (χ4v) is 4.33. The van der Waals surface area contributed by atoms with Gasteiger partial charge in [-0.05, 0) is 48.7 Å². The van der Waals surface area contributed by atoms with Crippen molar-refractivity contribution in [1.82, 2.24) is 4.90 Å². The molecule has 9 heteroatoms. The minimum Gasteiger partial charge on any atom is -0.445 e. The normalized spacial score (nSPS) is 17.6. The summed E-state index contributed by atoms with van der Waals surface area (Å²) in [5.41, 5.74) is 9.07. The van der Waals surface area contributed by atoms with E-state index in [2.05, 4.69) is 0 Å². The van der Waals surface area contributed by atoms with E-state index in [4.69, 9.17) is 26.6 Å². The van der Waals surface area contributed by atoms with Crippen molar-refractivity contribution in [2.75, 3.05) is 6.54 Å². The number of amides is 1. The summed E-state index contributed by atoms with van der Waals surface area (Å²) in [4.78, 5) is 14.1. The molecule has 3 N–H and O–H groups in total. The summed E-state index contributed by atoms with van der Waals surface area (Å²) < 4.78 is 35.0. The first-order valence-electron chi connectivity index (χ1n) is 10.7. The Balaban J connectivity index is 0.000000248. The highest BCUT2D eigenvalue weighted by Gasteiger charge is 2.37. The lowest BCUT2D eigenvalue weighted by molar-refractivity contribution is 0.0908. The Bertz CT molecular complexity index is 1200. The van der Waals surface area contributed by atoms with Crippen LogP contribution >= 0.6 is 11.6 Å². The van der Waals surface area contributed by atoms with Crippen molar-refractivity contribution >= 4 is 27.8 Å². The number of nitrogens with zero attached hydrogens (tertiary/aromatic N) is 1. The second-order valence-corrected chi connectivity index (χ2v) is 9.83. The maximum absolute atomic E-state index is 12.4.